The van der Waals surface area contributed by atoms with Crippen LogP contribution in [0, 0.1) is 28.6 Å². The Bertz CT molecular complexity index is 1060. The number of Topliss-reactive ketones (excluding diaryl/α,β-unsaturated/α-hetero) is 1. The maximum absolute atomic E-state index is 15.6. The van der Waals surface area contributed by atoms with Gasteiger partial charge >= 0.3 is 11.9 Å². The van der Waals surface area contributed by atoms with Crippen molar-refractivity contribution in [3.63, 3.8) is 0 Å². The molecule has 8 heteroatoms. The van der Waals surface area contributed by atoms with Gasteiger partial charge in [-0.2, -0.15) is 0 Å². The first kappa shape index (κ1) is 23.4. The van der Waals surface area contributed by atoms with E-state index in [9.17, 15) is 19.2 Å². The molecule has 34 heavy (non-hydrogen) atoms. The number of halogens is 1. The summed E-state index contributed by atoms with van der Waals surface area (Å²) in [6, 6.07) is 0. The molecule has 0 radical (unpaired) electrons. The Morgan fingerprint density at radius 3 is 2.50 bits per heavy atom. The maximum Gasteiger partial charge on any atom is 0.303 e. The maximum atomic E-state index is 15.6. The van der Waals surface area contributed by atoms with Gasteiger partial charge in [0.25, 0.3) is 0 Å². The lowest BCUT2D eigenvalue weighted by Gasteiger charge is -2.56. The number of ketones is 2. The number of carbonyl (C=O) groups is 4. The third-order valence-electron chi connectivity index (χ3n) is 9.59. The number of esters is 2. The molecule has 1 aliphatic heterocycles. The molecule has 1 saturated heterocycles. The minimum Gasteiger partial charge on any atom is -0.458 e. The standard InChI is InChI=1S/C26H31FO7/c1-13-8-17-18-10-20(27)19-9-16(30)6-7-23(19,4)26(18)22(34-26)11-24(17,5)25(13,33-15(3)29)21(31)12-32-14(2)28/h6-7,9,13,17-18,20,22H,8,10-12H2,1-5H3/t13-,17+,18+,20+,22-,23+,24+,25+,26+/m1/s1. The summed E-state index contributed by atoms with van der Waals surface area (Å²) >= 11 is 0. The van der Waals surface area contributed by atoms with Gasteiger partial charge in [0.15, 0.2) is 18.0 Å². The second-order valence-corrected chi connectivity index (χ2v) is 11.1. The van der Waals surface area contributed by atoms with Crippen molar-refractivity contribution >= 4 is 23.5 Å². The summed E-state index contributed by atoms with van der Waals surface area (Å²) in [6.45, 7) is 7.75. The van der Waals surface area contributed by atoms with Crippen molar-refractivity contribution in [2.45, 2.75) is 77.4 Å². The Balaban J connectivity index is 1.59. The molecule has 0 N–H and O–H groups in total. The molecule has 4 fully saturated rings. The first-order valence-electron chi connectivity index (χ1n) is 12.0. The number of epoxide rings is 1. The topological polar surface area (TPSA) is 99.3 Å². The Morgan fingerprint density at radius 2 is 1.85 bits per heavy atom. The average molecular weight is 475 g/mol. The van der Waals surface area contributed by atoms with Crippen molar-refractivity contribution in [2.75, 3.05) is 6.61 Å². The highest BCUT2D eigenvalue weighted by Crippen LogP contribution is 2.77. The van der Waals surface area contributed by atoms with Crippen LogP contribution in [0.3, 0.4) is 0 Å². The predicted octanol–water partition coefficient (Wildman–Crippen LogP) is 3.05. The number of rotatable bonds is 4. The molecule has 7 nitrogen and oxygen atoms in total. The number of hydrogen-bond acceptors (Lipinski definition) is 7. The lowest BCUT2D eigenvalue weighted by Crippen LogP contribution is -2.64. The van der Waals surface area contributed by atoms with E-state index in [-0.39, 0.29) is 36.1 Å². The molecule has 1 spiro atoms. The Morgan fingerprint density at radius 1 is 1.15 bits per heavy atom. The summed E-state index contributed by atoms with van der Waals surface area (Å²) in [7, 11) is 0. The third kappa shape index (κ3) is 2.66. The van der Waals surface area contributed by atoms with Crippen LogP contribution in [0.15, 0.2) is 23.8 Å². The normalized spacial score (nSPS) is 48.0. The molecule has 0 aromatic rings. The zero-order valence-electron chi connectivity index (χ0n) is 20.2. The van der Waals surface area contributed by atoms with Gasteiger partial charge in [-0.25, -0.2) is 4.39 Å². The molecule has 0 aromatic carbocycles. The van der Waals surface area contributed by atoms with Gasteiger partial charge in [0.05, 0.1) is 6.10 Å². The van der Waals surface area contributed by atoms with Crippen LogP contribution in [0.5, 0.6) is 0 Å². The van der Waals surface area contributed by atoms with Crippen LogP contribution in [0.25, 0.3) is 0 Å². The third-order valence-corrected chi connectivity index (χ3v) is 9.59. The molecule has 1 heterocycles. The van der Waals surface area contributed by atoms with Gasteiger partial charge in [0, 0.05) is 30.6 Å². The van der Waals surface area contributed by atoms with Gasteiger partial charge in [0.2, 0.25) is 5.78 Å². The highest BCUT2D eigenvalue weighted by atomic mass is 19.1. The fraction of sp³-hybridized carbons (Fsp3) is 0.692. The summed E-state index contributed by atoms with van der Waals surface area (Å²) in [5.41, 5.74) is -3.28. The molecule has 0 bridgehead atoms. The van der Waals surface area contributed by atoms with Gasteiger partial charge < -0.3 is 14.2 Å². The van der Waals surface area contributed by atoms with Crippen LogP contribution >= 0.6 is 0 Å². The molecule has 5 rings (SSSR count). The van der Waals surface area contributed by atoms with E-state index >= 15 is 4.39 Å². The molecule has 4 aliphatic carbocycles. The first-order chi connectivity index (χ1) is 15.8. The average Bonchev–Trinajstić information content (AvgIpc) is 3.42. The lowest BCUT2D eigenvalue weighted by atomic mass is 9.46. The quantitative estimate of drug-likeness (QED) is 0.456. The van der Waals surface area contributed by atoms with E-state index < -0.39 is 52.5 Å². The second kappa shape index (κ2) is 7.09. The van der Waals surface area contributed by atoms with E-state index in [2.05, 4.69) is 0 Å². The Labute approximate surface area is 198 Å². The van der Waals surface area contributed by atoms with Crippen molar-refractivity contribution in [1.29, 1.82) is 0 Å². The second-order valence-electron chi connectivity index (χ2n) is 11.1. The van der Waals surface area contributed by atoms with Crippen LogP contribution in [0.1, 0.15) is 53.9 Å². The Hall–Kier alpha value is -2.35. The van der Waals surface area contributed by atoms with Gasteiger partial charge in [-0.05, 0) is 55.7 Å². The zero-order valence-corrected chi connectivity index (χ0v) is 20.2. The molecule has 3 saturated carbocycles. The fourth-order valence-corrected chi connectivity index (χ4v) is 8.33. The SMILES string of the molecule is CC(=O)OCC(=O)[C@@]1(OC(C)=O)[C@H](C)C[C@H]2[C@@H]3C[C@H](F)C4=CC(=O)C=C[C@]4(C)[C@]34O[C@@H]4C[C@@]21C. The van der Waals surface area contributed by atoms with Crippen LogP contribution in [-0.2, 0) is 33.4 Å². The monoisotopic (exact) mass is 474 g/mol. The van der Waals surface area contributed by atoms with E-state index in [1.807, 2.05) is 20.8 Å². The highest BCUT2D eigenvalue weighted by molar-refractivity contribution is 6.01. The lowest BCUT2D eigenvalue weighted by molar-refractivity contribution is -0.193. The highest BCUT2D eigenvalue weighted by Gasteiger charge is 2.83. The molecule has 0 amide bonds. The number of alkyl halides is 1. The van der Waals surface area contributed by atoms with E-state index in [0.717, 1.165) is 0 Å². The largest absolute Gasteiger partial charge is 0.458 e. The summed E-state index contributed by atoms with van der Waals surface area (Å²) in [5, 5.41) is 0. The van der Waals surface area contributed by atoms with Crippen LogP contribution < -0.4 is 0 Å². The smallest absolute Gasteiger partial charge is 0.303 e. The van der Waals surface area contributed by atoms with Crippen molar-refractivity contribution in [3.05, 3.63) is 23.8 Å². The summed E-state index contributed by atoms with van der Waals surface area (Å²) < 4.78 is 33.0. The minimum absolute atomic E-state index is 0.162. The number of ether oxygens (including phenoxy) is 3. The predicted molar refractivity (Wildman–Crippen MR) is 117 cm³/mol. The van der Waals surface area contributed by atoms with Gasteiger partial charge in [-0.1, -0.05) is 19.9 Å². The summed E-state index contributed by atoms with van der Waals surface area (Å²) in [4.78, 5) is 49.4. The number of hydrogen-bond donors (Lipinski definition) is 0. The fourth-order valence-electron chi connectivity index (χ4n) is 8.33. The van der Waals surface area contributed by atoms with Gasteiger partial charge in [0.1, 0.15) is 11.8 Å². The molecule has 9 atom stereocenters. The van der Waals surface area contributed by atoms with Crippen molar-refractivity contribution in [3.8, 4) is 0 Å². The molecule has 0 aromatic heterocycles. The van der Waals surface area contributed by atoms with E-state index in [1.54, 1.807) is 6.08 Å². The Kier molecular flexibility index (Phi) is 4.88. The van der Waals surface area contributed by atoms with Crippen molar-refractivity contribution in [2.24, 2.45) is 28.6 Å². The molecule has 0 unspecified atom stereocenters. The number of fused-ring (bicyclic) bond motifs is 3. The number of allylic oxidation sites excluding steroid dienone is 2. The summed E-state index contributed by atoms with van der Waals surface area (Å²) in [5.74, 6) is -2.59. The first-order valence-corrected chi connectivity index (χ1v) is 12.0. The molecular formula is C26H31FO7. The van der Waals surface area contributed by atoms with E-state index in [0.29, 0.717) is 18.4 Å². The molecule has 184 valence electrons. The van der Waals surface area contributed by atoms with Crippen molar-refractivity contribution in [1.82, 2.24) is 0 Å². The molecular weight excluding hydrogens is 443 g/mol. The van der Waals surface area contributed by atoms with Crippen molar-refractivity contribution < 1.29 is 37.8 Å². The minimum atomic E-state index is -1.50. The van der Waals surface area contributed by atoms with Crippen LogP contribution in [0.4, 0.5) is 4.39 Å². The number of carbonyl (C=O) groups excluding carboxylic acids is 4. The zero-order chi connectivity index (χ0) is 24.8. The van der Waals surface area contributed by atoms with Crippen LogP contribution in [0.2, 0.25) is 0 Å². The van der Waals surface area contributed by atoms with Crippen LogP contribution in [-0.4, -0.2) is 53.6 Å². The molecule has 5 aliphatic rings. The summed E-state index contributed by atoms with van der Waals surface area (Å²) in [6.07, 6.45) is 4.27. The van der Waals surface area contributed by atoms with Gasteiger partial charge in [-0.15, -0.1) is 0 Å². The van der Waals surface area contributed by atoms with E-state index in [4.69, 9.17) is 14.2 Å². The van der Waals surface area contributed by atoms with Gasteiger partial charge in [-0.3, -0.25) is 19.2 Å². The van der Waals surface area contributed by atoms with E-state index in [1.165, 1.54) is 26.0 Å².